The Morgan fingerprint density at radius 1 is 1.21 bits per heavy atom. The van der Waals surface area contributed by atoms with Crippen molar-refractivity contribution in [2.45, 2.75) is 0 Å². The van der Waals surface area contributed by atoms with Crippen molar-refractivity contribution in [3.05, 3.63) is 23.4 Å². The topological polar surface area (TPSA) is 79.8 Å². The van der Waals surface area contributed by atoms with Crippen LogP contribution in [0.1, 0.15) is 5.56 Å². The third-order valence-corrected chi connectivity index (χ3v) is 2.74. The Bertz CT molecular complexity index is 558. The number of aromatic hydroxyl groups is 1. The Morgan fingerprint density at radius 3 is 2.21 bits per heavy atom. The van der Waals surface area contributed by atoms with E-state index in [4.69, 9.17) is 21.7 Å². The standard InChI is InChI=1S/C12H12N2O4S/c1-17-8-4-6(5-9(18-2)10(8)15)3-7-11(16)14-12(19)13-7/h3-5,15H,1-2H3,(H2,13,14,16,19)/b7-3+. The molecule has 3 N–H and O–H groups in total. The molecule has 1 heterocycles. The first-order chi connectivity index (χ1) is 9.05. The Kier molecular flexibility index (Phi) is 3.57. The third-order valence-electron chi connectivity index (χ3n) is 2.53. The fourth-order valence-electron chi connectivity index (χ4n) is 1.65. The second kappa shape index (κ2) is 5.15. The van der Waals surface area contributed by atoms with Crippen molar-refractivity contribution in [1.29, 1.82) is 0 Å². The highest BCUT2D eigenvalue weighted by atomic mass is 32.1. The average molecular weight is 280 g/mol. The summed E-state index contributed by atoms with van der Waals surface area (Å²) in [6, 6.07) is 3.17. The Hall–Kier alpha value is -2.28. The molecule has 1 amide bonds. The molecule has 1 aliphatic rings. The zero-order valence-corrected chi connectivity index (χ0v) is 11.1. The van der Waals surface area contributed by atoms with Gasteiger partial charge in [0.15, 0.2) is 16.6 Å². The van der Waals surface area contributed by atoms with Crippen LogP contribution in [0.4, 0.5) is 0 Å². The van der Waals surface area contributed by atoms with Crippen molar-refractivity contribution in [3.8, 4) is 17.2 Å². The van der Waals surface area contributed by atoms with E-state index in [-0.39, 0.29) is 28.3 Å². The number of ether oxygens (including phenoxy) is 2. The number of thiocarbonyl (C=S) groups is 1. The van der Waals surface area contributed by atoms with Crippen LogP contribution in [0.2, 0.25) is 0 Å². The molecule has 0 radical (unpaired) electrons. The molecular weight excluding hydrogens is 268 g/mol. The van der Waals surface area contributed by atoms with Crippen LogP contribution in [-0.2, 0) is 4.79 Å². The van der Waals surface area contributed by atoms with E-state index in [1.54, 1.807) is 18.2 Å². The zero-order valence-electron chi connectivity index (χ0n) is 10.3. The Labute approximate surface area is 115 Å². The molecule has 0 bridgehead atoms. The SMILES string of the molecule is COc1cc(/C=C2/NC(=S)NC2=O)cc(OC)c1O. The summed E-state index contributed by atoms with van der Waals surface area (Å²) in [6.45, 7) is 0. The van der Waals surface area contributed by atoms with Crippen molar-refractivity contribution in [1.82, 2.24) is 10.6 Å². The van der Waals surface area contributed by atoms with Crippen molar-refractivity contribution in [3.63, 3.8) is 0 Å². The van der Waals surface area contributed by atoms with Gasteiger partial charge < -0.3 is 19.9 Å². The van der Waals surface area contributed by atoms with Gasteiger partial charge in [-0.15, -0.1) is 0 Å². The maximum atomic E-state index is 11.5. The molecule has 1 aromatic rings. The van der Waals surface area contributed by atoms with Gasteiger partial charge in [0.1, 0.15) is 5.70 Å². The molecule has 2 rings (SSSR count). The van der Waals surface area contributed by atoms with Crippen molar-refractivity contribution in [2.24, 2.45) is 0 Å². The number of phenols is 1. The van der Waals surface area contributed by atoms with Crippen LogP contribution >= 0.6 is 12.2 Å². The number of carbonyl (C=O) groups excluding carboxylic acids is 1. The zero-order chi connectivity index (χ0) is 14.0. The van der Waals surface area contributed by atoms with Gasteiger partial charge in [-0.2, -0.15) is 0 Å². The summed E-state index contributed by atoms with van der Waals surface area (Å²) in [5, 5.41) is 15.2. The second-order valence-electron chi connectivity index (χ2n) is 3.74. The molecule has 0 spiro atoms. The molecule has 0 unspecified atom stereocenters. The summed E-state index contributed by atoms with van der Waals surface area (Å²) in [7, 11) is 2.86. The van der Waals surface area contributed by atoms with Crippen LogP contribution < -0.4 is 20.1 Å². The largest absolute Gasteiger partial charge is 0.502 e. The van der Waals surface area contributed by atoms with Gasteiger partial charge in [0, 0.05) is 0 Å². The first-order valence-corrected chi connectivity index (χ1v) is 5.75. The molecule has 6 nitrogen and oxygen atoms in total. The molecule has 0 aromatic heterocycles. The summed E-state index contributed by atoms with van der Waals surface area (Å²) in [5.41, 5.74) is 0.952. The van der Waals surface area contributed by atoms with Gasteiger partial charge in [0.05, 0.1) is 14.2 Å². The monoisotopic (exact) mass is 280 g/mol. The van der Waals surface area contributed by atoms with Gasteiger partial charge >= 0.3 is 0 Å². The molecule has 0 aliphatic carbocycles. The summed E-state index contributed by atoms with van der Waals surface area (Å²) in [5.74, 6) is 0.113. The first-order valence-electron chi connectivity index (χ1n) is 5.34. The number of hydrogen-bond donors (Lipinski definition) is 3. The van der Waals surface area contributed by atoms with Gasteiger partial charge in [-0.25, -0.2) is 0 Å². The summed E-state index contributed by atoms with van der Waals surface area (Å²) >= 11 is 4.83. The maximum absolute atomic E-state index is 11.5. The van der Waals surface area contributed by atoms with Crippen LogP contribution in [0.3, 0.4) is 0 Å². The van der Waals surface area contributed by atoms with Gasteiger partial charge in [-0.1, -0.05) is 0 Å². The molecule has 1 aromatic carbocycles. The minimum absolute atomic E-state index is 0.0912. The van der Waals surface area contributed by atoms with Gasteiger partial charge in [0.25, 0.3) is 5.91 Å². The predicted octanol–water partition coefficient (Wildman–Crippen LogP) is 0.755. The van der Waals surface area contributed by atoms with Gasteiger partial charge in [0.2, 0.25) is 5.75 Å². The van der Waals surface area contributed by atoms with E-state index in [9.17, 15) is 9.90 Å². The average Bonchev–Trinajstić information content (AvgIpc) is 2.69. The van der Waals surface area contributed by atoms with Crippen molar-refractivity contribution < 1.29 is 19.4 Å². The van der Waals surface area contributed by atoms with E-state index in [2.05, 4.69) is 10.6 Å². The Morgan fingerprint density at radius 2 is 1.79 bits per heavy atom. The molecule has 1 aliphatic heterocycles. The number of hydrogen-bond acceptors (Lipinski definition) is 5. The number of carbonyl (C=O) groups is 1. The fourth-order valence-corrected chi connectivity index (χ4v) is 1.85. The lowest BCUT2D eigenvalue weighted by Crippen LogP contribution is -2.21. The number of phenolic OH excluding ortho intramolecular Hbond substituents is 1. The van der Waals surface area contributed by atoms with E-state index < -0.39 is 0 Å². The van der Waals surface area contributed by atoms with Crippen LogP contribution in [0.5, 0.6) is 17.2 Å². The maximum Gasteiger partial charge on any atom is 0.273 e. The van der Waals surface area contributed by atoms with E-state index in [0.29, 0.717) is 11.3 Å². The Balaban J connectivity index is 2.43. The van der Waals surface area contributed by atoms with Crippen molar-refractivity contribution in [2.75, 3.05) is 14.2 Å². The fraction of sp³-hybridized carbons (Fsp3) is 0.167. The number of methoxy groups -OCH3 is 2. The molecular formula is C12H12N2O4S. The summed E-state index contributed by atoms with van der Waals surface area (Å²) in [6.07, 6.45) is 1.58. The highest BCUT2D eigenvalue weighted by Crippen LogP contribution is 2.37. The second-order valence-corrected chi connectivity index (χ2v) is 4.15. The first kappa shape index (κ1) is 13.2. The molecule has 0 saturated carbocycles. The van der Waals surface area contributed by atoms with E-state index in [1.807, 2.05) is 0 Å². The normalized spacial score (nSPS) is 16.2. The number of nitrogens with one attached hydrogen (secondary N) is 2. The highest BCUT2D eigenvalue weighted by molar-refractivity contribution is 7.80. The van der Waals surface area contributed by atoms with Crippen LogP contribution in [-0.4, -0.2) is 30.3 Å². The van der Waals surface area contributed by atoms with Gasteiger partial charge in [-0.05, 0) is 36.0 Å². The molecule has 19 heavy (non-hydrogen) atoms. The number of benzene rings is 1. The van der Waals surface area contributed by atoms with Crippen LogP contribution in [0.15, 0.2) is 17.8 Å². The smallest absolute Gasteiger partial charge is 0.273 e. The van der Waals surface area contributed by atoms with Crippen LogP contribution in [0, 0.1) is 0 Å². The number of amides is 1. The lowest BCUT2D eigenvalue weighted by molar-refractivity contribution is -0.115. The summed E-state index contributed by atoms with van der Waals surface area (Å²) in [4.78, 5) is 11.5. The molecule has 7 heteroatoms. The lowest BCUT2D eigenvalue weighted by Gasteiger charge is -2.09. The minimum Gasteiger partial charge on any atom is -0.502 e. The van der Waals surface area contributed by atoms with Gasteiger partial charge in [-0.3, -0.25) is 10.1 Å². The van der Waals surface area contributed by atoms with E-state index >= 15 is 0 Å². The summed E-state index contributed by atoms with van der Waals surface area (Å²) < 4.78 is 10.1. The quantitative estimate of drug-likeness (QED) is 0.560. The minimum atomic E-state index is -0.309. The molecule has 100 valence electrons. The number of rotatable bonds is 3. The molecule has 0 atom stereocenters. The van der Waals surface area contributed by atoms with Crippen LogP contribution in [0.25, 0.3) is 6.08 Å². The molecule has 1 fully saturated rings. The molecule has 1 saturated heterocycles. The van der Waals surface area contributed by atoms with E-state index in [1.165, 1.54) is 14.2 Å². The predicted molar refractivity (Wildman–Crippen MR) is 73.1 cm³/mol. The van der Waals surface area contributed by atoms with E-state index in [0.717, 1.165) is 0 Å². The third kappa shape index (κ3) is 2.60. The lowest BCUT2D eigenvalue weighted by atomic mass is 10.1. The van der Waals surface area contributed by atoms with Crippen molar-refractivity contribution >= 4 is 29.3 Å². The highest BCUT2D eigenvalue weighted by Gasteiger charge is 2.20.